The number of carbonyl (C=O) groups is 3. The van der Waals surface area contributed by atoms with Gasteiger partial charge in [0.2, 0.25) is 5.91 Å². The van der Waals surface area contributed by atoms with Crippen molar-refractivity contribution in [2.45, 2.75) is 32.9 Å². The standard InChI is InChI=1S/C15H18N4O5/c1-9-10(2)16-8-18(14(9)22)6-12(20)17-4-3-11(5-17)19-13(21)7-24-15(19)23/h8,11H,3-7H2,1-2H3. The monoisotopic (exact) mass is 334 g/mol. The second-order valence-electron chi connectivity index (χ2n) is 5.99. The van der Waals surface area contributed by atoms with E-state index >= 15 is 0 Å². The maximum atomic E-state index is 12.4. The van der Waals surface area contributed by atoms with Crippen LogP contribution < -0.4 is 5.56 Å². The summed E-state index contributed by atoms with van der Waals surface area (Å²) < 4.78 is 5.97. The van der Waals surface area contributed by atoms with Crippen LogP contribution in [0.3, 0.4) is 0 Å². The number of ether oxygens (including phenoxy) is 1. The second-order valence-corrected chi connectivity index (χ2v) is 5.99. The Kier molecular flexibility index (Phi) is 4.08. The summed E-state index contributed by atoms with van der Waals surface area (Å²) in [4.78, 5) is 54.5. The molecule has 0 bridgehead atoms. The molecule has 3 rings (SSSR count). The zero-order chi connectivity index (χ0) is 17.4. The Labute approximate surface area is 137 Å². The third-order valence-corrected chi connectivity index (χ3v) is 4.49. The van der Waals surface area contributed by atoms with Gasteiger partial charge in [-0.1, -0.05) is 0 Å². The van der Waals surface area contributed by atoms with Gasteiger partial charge in [0.15, 0.2) is 6.61 Å². The highest BCUT2D eigenvalue weighted by atomic mass is 16.6. The molecular formula is C15H18N4O5. The Hall–Kier alpha value is -2.71. The van der Waals surface area contributed by atoms with Crippen molar-refractivity contribution in [2.75, 3.05) is 19.7 Å². The molecule has 9 heteroatoms. The molecule has 2 aliphatic rings. The SMILES string of the molecule is Cc1ncn(CC(=O)N2CCC(N3C(=O)COC3=O)C2)c(=O)c1C. The highest BCUT2D eigenvalue weighted by molar-refractivity contribution is 5.98. The Morgan fingerprint density at radius 3 is 2.75 bits per heavy atom. The molecule has 24 heavy (non-hydrogen) atoms. The van der Waals surface area contributed by atoms with Gasteiger partial charge in [-0.2, -0.15) is 0 Å². The average molecular weight is 334 g/mol. The maximum Gasteiger partial charge on any atom is 0.417 e. The lowest BCUT2D eigenvalue weighted by Gasteiger charge is -2.20. The molecule has 0 aliphatic carbocycles. The molecule has 1 aromatic heterocycles. The molecule has 1 atom stereocenters. The molecule has 0 N–H and O–H groups in total. The number of rotatable bonds is 3. The van der Waals surface area contributed by atoms with Crippen molar-refractivity contribution >= 4 is 17.9 Å². The Balaban J connectivity index is 1.67. The maximum absolute atomic E-state index is 12.4. The van der Waals surface area contributed by atoms with Gasteiger partial charge in [-0.15, -0.1) is 0 Å². The van der Waals surface area contributed by atoms with Crippen LogP contribution in [0.2, 0.25) is 0 Å². The first-order valence-electron chi connectivity index (χ1n) is 7.67. The Morgan fingerprint density at radius 1 is 1.33 bits per heavy atom. The van der Waals surface area contributed by atoms with Crippen LogP contribution in [0.25, 0.3) is 0 Å². The van der Waals surface area contributed by atoms with Gasteiger partial charge in [0.25, 0.3) is 11.5 Å². The zero-order valence-corrected chi connectivity index (χ0v) is 13.5. The molecule has 2 fully saturated rings. The van der Waals surface area contributed by atoms with Crippen molar-refractivity contribution in [2.24, 2.45) is 0 Å². The molecule has 0 aromatic carbocycles. The van der Waals surface area contributed by atoms with E-state index in [0.29, 0.717) is 24.2 Å². The fourth-order valence-corrected chi connectivity index (χ4v) is 2.93. The lowest BCUT2D eigenvalue weighted by atomic mass is 10.2. The molecule has 128 valence electrons. The number of imide groups is 1. The fourth-order valence-electron chi connectivity index (χ4n) is 2.93. The molecule has 1 aromatic rings. The number of carbonyl (C=O) groups excluding carboxylic acids is 3. The topological polar surface area (TPSA) is 102 Å². The fraction of sp³-hybridized carbons (Fsp3) is 0.533. The number of cyclic esters (lactones) is 1. The van der Waals surface area contributed by atoms with Gasteiger partial charge in [0, 0.05) is 24.3 Å². The normalized spacial score (nSPS) is 20.7. The summed E-state index contributed by atoms with van der Waals surface area (Å²) in [5.74, 6) is -0.626. The summed E-state index contributed by atoms with van der Waals surface area (Å²) in [5, 5.41) is 0. The van der Waals surface area contributed by atoms with Crippen LogP contribution in [0, 0.1) is 13.8 Å². The van der Waals surface area contributed by atoms with Crippen LogP contribution >= 0.6 is 0 Å². The first-order chi connectivity index (χ1) is 11.4. The number of aryl methyl sites for hydroxylation is 1. The number of amides is 3. The summed E-state index contributed by atoms with van der Waals surface area (Å²) in [6.45, 7) is 3.73. The molecule has 1 unspecified atom stereocenters. The van der Waals surface area contributed by atoms with Crippen molar-refractivity contribution in [3.8, 4) is 0 Å². The quantitative estimate of drug-likeness (QED) is 0.734. The van der Waals surface area contributed by atoms with Crippen LogP contribution in [0.5, 0.6) is 0 Å². The number of hydrogen-bond acceptors (Lipinski definition) is 6. The Morgan fingerprint density at radius 2 is 2.08 bits per heavy atom. The first kappa shape index (κ1) is 16.2. The van der Waals surface area contributed by atoms with Crippen LogP contribution in [0.15, 0.2) is 11.1 Å². The summed E-state index contributed by atoms with van der Waals surface area (Å²) in [7, 11) is 0. The van der Waals surface area contributed by atoms with Gasteiger partial charge in [0.1, 0.15) is 6.54 Å². The van der Waals surface area contributed by atoms with E-state index in [1.165, 1.54) is 10.9 Å². The molecule has 2 saturated heterocycles. The van der Waals surface area contributed by atoms with E-state index in [-0.39, 0.29) is 43.1 Å². The zero-order valence-electron chi connectivity index (χ0n) is 13.5. The van der Waals surface area contributed by atoms with Crippen molar-refractivity contribution in [3.63, 3.8) is 0 Å². The third kappa shape index (κ3) is 2.77. The van der Waals surface area contributed by atoms with E-state index in [0.717, 1.165) is 4.90 Å². The van der Waals surface area contributed by atoms with E-state index in [1.54, 1.807) is 18.7 Å². The molecule has 0 saturated carbocycles. The van der Waals surface area contributed by atoms with Crippen LogP contribution in [0.1, 0.15) is 17.7 Å². The number of likely N-dealkylation sites (tertiary alicyclic amines) is 1. The highest BCUT2D eigenvalue weighted by Crippen LogP contribution is 2.20. The molecule has 3 heterocycles. The predicted octanol–water partition coefficient (Wildman–Crippen LogP) is -0.560. The number of hydrogen-bond donors (Lipinski definition) is 0. The van der Waals surface area contributed by atoms with Crippen molar-refractivity contribution < 1.29 is 19.1 Å². The minimum atomic E-state index is -0.658. The molecule has 3 amide bonds. The van der Waals surface area contributed by atoms with Gasteiger partial charge in [-0.05, 0) is 20.3 Å². The Bertz CT molecular complexity index is 756. The smallest absolute Gasteiger partial charge is 0.417 e. The van der Waals surface area contributed by atoms with E-state index < -0.39 is 6.09 Å². The molecule has 0 spiro atoms. The summed E-state index contributed by atoms with van der Waals surface area (Å²) in [5.41, 5.74) is 0.899. The summed E-state index contributed by atoms with van der Waals surface area (Å²) >= 11 is 0. The molecule has 9 nitrogen and oxygen atoms in total. The van der Waals surface area contributed by atoms with Gasteiger partial charge in [0.05, 0.1) is 12.4 Å². The lowest BCUT2D eigenvalue weighted by Crippen LogP contribution is -2.42. The van der Waals surface area contributed by atoms with Crippen molar-refractivity contribution in [1.29, 1.82) is 0 Å². The van der Waals surface area contributed by atoms with E-state index in [2.05, 4.69) is 4.98 Å². The van der Waals surface area contributed by atoms with Crippen LogP contribution in [-0.2, 0) is 20.9 Å². The van der Waals surface area contributed by atoms with Gasteiger partial charge in [-0.3, -0.25) is 19.0 Å². The predicted molar refractivity (Wildman–Crippen MR) is 81.2 cm³/mol. The van der Waals surface area contributed by atoms with Crippen LogP contribution in [-0.4, -0.2) is 63.0 Å². The molecule has 0 radical (unpaired) electrons. The highest BCUT2D eigenvalue weighted by Gasteiger charge is 2.41. The van der Waals surface area contributed by atoms with Gasteiger partial charge >= 0.3 is 6.09 Å². The van der Waals surface area contributed by atoms with Crippen molar-refractivity contribution in [3.05, 3.63) is 27.9 Å². The van der Waals surface area contributed by atoms with Crippen molar-refractivity contribution in [1.82, 2.24) is 19.4 Å². The third-order valence-electron chi connectivity index (χ3n) is 4.49. The van der Waals surface area contributed by atoms with Gasteiger partial charge in [-0.25, -0.2) is 14.7 Å². The van der Waals surface area contributed by atoms with E-state index in [1.807, 2.05) is 0 Å². The summed E-state index contributed by atoms with van der Waals surface area (Å²) in [6, 6.07) is -0.369. The largest absolute Gasteiger partial charge is 0.439 e. The lowest BCUT2D eigenvalue weighted by molar-refractivity contribution is -0.132. The second kappa shape index (κ2) is 6.06. The first-order valence-corrected chi connectivity index (χ1v) is 7.67. The number of aromatic nitrogens is 2. The van der Waals surface area contributed by atoms with Crippen LogP contribution in [0.4, 0.5) is 4.79 Å². The molecule has 2 aliphatic heterocycles. The number of nitrogens with zero attached hydrogens (tertiary/aromatic N) is 4. The minimum absolute atomic E-state index is 0.113. The van der Waals surface area contributed by atoms with E-state index in [9.17, 15) is 19.2 Å². The van der Waals surface area contributed by atoms with E-state index in [4.69, 9.17) is 4.74 Å². The molecular weight excluding hydrogens is 316 g/mol. The van der Waals surface area contributed by atoms with Gasteiger partial charge < -0.3 is 9.64 Å². The summed E-state index contributed by atoms with van der Waals surface area (Å²) in [6.07, 6.45) is 1.21. The minimum Gasteiger partial charge on any atom is -0.439 e. The average Bonchev–Trinajstić information content (AvgIpc) is 3.14.